The quantitative estimate of drug-likeness (QED) is 0.290. The molecule has 340 valence electrons. The van der Waals surface area contributed by atoms with E-state index in [1.165, 1.54) is 26.2 Å². The fraction of sp³-hybridized carbons (Fsp3) is 0.714. The van der Waals surface area contributed by atoms with E-state index in [0.717, 1.165) is 11.3 Å². The zero-order valence-corrected chi connectivity index (χ0v) is 36.2. The van der Waals surface area contributed by atoms with Crippen molar-refractivity contribution < 1.29 is 59.4 Å². The van der Waals surface area contributed by atoms with Crippen LogP contribution in [-0.4, -0.2) is 102 Å². The van der Waals surface area contributed by atoms with Crippen LogP contribution in [0.5, 0.6) is 11.6 Å². The van der Waals surface area contributed by atoms with Gasteiger partial charge < -0.3 is 29.7 Å². The van der Waals surface area contributed by atoms with Gasteiger partial charge in [0.1, 0.15) is 35.6 Å². The van der Waals surface area contributed by atoms with E-state index < -0.39 is 123 Å². The van der Waals surface area contributed by atoms with Gasteiger partial charge in [0.25, 0.3) is 11.8 Å². The highest BCUT2D eigenvalue weighted by Crippen LogP contribution is 2.58. The molecule has 4 aliphatic carbocycles. The number of nitrogens with zero attached hydrogens (tertiary/aromatic N) is 3. The summed E-state index contributed by atoms with van der Waals surface area (Å²) in [7, 11) is -2.82. The molecule has 6 aliphatic rings. The van der Waals surface area contributed by atoms with Gasteiger partial charge >= 0.3 is 6.09 Å². The van der Waals surface area contributed by atoms with Gasteiger partial charge in [-0.25, -0.2) is 32.0 Å². The van der Waals surface area contributed by atoms with Crippen molar-refractivity contribution in [1.29, 1.82) is 0 Å². The molecule has 1 aromatic heterocycles. The van der Waals surface area contributed by atoms with E-state index in [0.29, 0.717) is 36.8 Å². The van der Waals surface area contributed by atoms with Crippen LogP contribution in [0.2, 0.25) is 0 Å². The third kappa shape index (κ3) is 8.47. The molecule has 4 saturated carbocycles. The van der Waals surface area contributed by atoms with Crippen molar-refractivity contribution in [3.05, 3.63) is 23.9 Å². The van der Waals surface area contributed by atoms with Gasteiger partial charge in [0.2, 0.25) is 34.1 Å². The number of carbonyl (C=O) groups excluding carboxylic acids is 4. The van der Waals surface area contributed by atoms with Crippen LogP contribution < -0.4 is 24.8 Å². The number of nitrogens with one attached hydrogen (secondary N) is 3. The number of rotatable bonds is 8. The summed E-state index contributed by atoms with van der Waals surface area (Å²) in [6, 6.07) is 1.73. The second kappa shape index (κ2) is 15.6. The molecule has 0 radical (unpaired) electrons. The standard InChI is InChI=1S/C42H54F4N6O9S/c1-39(2,3)33-36(54)52-20-24(18-29(52)34(53)50-41(19-22(41)16-31(43)44)37(55)51-62(57,58)40(4)12-13-40)60-35-32(47-27-10-9-23(59-5)17-28(27)48-35)42(45,46)11-7-6-8-25-26-14-21(26)15-30(25)61-38(56)49-33/h9-10,17,21-22,24-26,29-31,33H,6-8,11-16,18-20H2,1-5H3,(H,49,56)(H,50,53)(H,51,55)/t21?,22-,24-,25-,26+,29+,30-,33-,41-/m1/s1. The second-order valence-corrected chi connectivity index (χ2v) is 21.7. The van der Waals surface area contributed by atoms with E-state index in [9.17, 15) is 36.4 Å². The van der Waals surface area contributed by atoms with Gasteiger partial charge in [-0.2, -0.15) is 8.78 Å². The van der Waals surface area contributed by atoms with Crippen molar-refractivity contribution in [3.8, 4) is 11.6 Å². The number of carbonyl (C=O) groups is 4. The molecule has 4 amide bonds. The molecule has 1 aromatic carbocycles. The normalized spacial score (nSPS) is 32.8. The minimum absolute atomic E-state index is 0.0493. The van der Waals surface area contributed by atoms with E-state index in [1.54, 1.807) is 26.8 Å². The number of ether oxygens (including phenoxy) is 3. The number of hydrogen-bond donors (Lipinski definition) is 3. The van der Waals surface area contributed by atoms with Gasteiger partial charge in [-0.3, -0.25) is 19.1 Å². The van der Waals surface area contributed by atoms with Crippen molar-refractivity contribution in [2.24, 2.45) is 29.1 Å². The second-order valence-electron chi connectivity index (χ2n) is 19.5. The van der Waals surface area contributed by atoms with Gasteiger partial charge in [0.15, 0.2) is 5.69 Å². The average Bonchev–Trinajstić information content (AvgIpc) is 4.15. The monoisotopic (exact) mass is 894 g/mol. The lowest BCUT2D eigenvalue weighted by atomic mass is 9.85. The number of hydrogen-bond acceptors (Lipinski definition) is 11. The largest absolute Gasteiger partial charge is 0.497 e. The number of amides is 4. The first kappa shape index (κ1) is 44.1. The number of fused-ring (bicyclic) bond motifs is 7. The molecule has 8 rings (SSSR count). The molecule has 1 saturated heterocycles. The van der Waals surface area contributed by atoms with Gasteiger partial charge in [0, 0.05) is 25.3 Å². The third-order valence-electron chi connectivity index (χ3n) is 13.9. The first-order valence-electron chi connectivity index (χ1n) is 21.4. The number of alkyl carbamates (subject to hydrolysis) is 1. The Kier molecular flexibility index (Phi) is 11.1. The highest BCUT2D eigenvalue weighted by molar-refractivity contribution is 7.91. The maximum absolute atomic E-state index is 16.4. The Morgan fingerprint density at radius 1 is 1.03 bits per heavy atom. The van der Waals surface area contributed by atoms with E-state index in [4.69, 9.17) is 14.2 Å². The van der Waals surface area contributed by atoms with Crippen LogP contribution >= 0.6 is 0 Å². The van der Waals surface area contributed by atoms with Crippen LogP contribution in [0.25, 0.3) is 11.0 Å². The Hall–Kier alpha value is -4.49. The summed E-state index contributed by atoms with van der Waals surface area (Å²) < 4.78 is 105. The first-order valence-corrected chi connectivity index (χ1v) is 22.9. The smallest absolute Gasteiger partial charge is 0.408 e. The third-order valence-corrected chi connectivity index (χ3v) is 16.1. The van der Waals surface area contributed by atoms with Crippen molar-refractivity contribution in [2.75, 3.05) is 13.7 Å². The SMILES string of the molecule is COc1ccc2nc3c(nc2c1)O[C@@H]1C[C@@H](C(=O)N[C@]2(C(=O)NS(=O)(=O)C4(C)CC4)C[C@H]2CC(F)F)N(C1)C(=O)[C@H](C(C)(C)C)NC(=O)O[C@@H]1CC2C[C@@H]2[C@H]1CCCCC3(F)F. The topological polar surface area (TPSA) is 195 Å². The minimum Gasteiger partial charge on any atom is -0.497 e. The molecule has 9 atom stereocenters. The Morgan fingerprint density at radius 3 is 2.45 bits per heavy atom. The summed E-state index contributed by atoms with van der Waals surface area (Å²) in [4.78, 5) is 66.6. The Labute approximate surface area is 357 Å². The number of halogens is 4. The van der Waals surface area contributed by atoms with Gasteiger partial charge in [-0.05, 0) is 93.1 Å². The number of sulfonamides is 1. The maximum Gasteiger partial charge on any atom is 0.408 e. The van der Waals surface area contributed by atoms with E-state index in [-0.39, 0.29) is 49.1 Å². The Bertz CT molecular complexity index is 2260. The molecule has 62 heavy (non-hydrogen) atoms. The molecule has 1 unspecified atom stereocenters. The fourth-order valence-electron chi connectivity index (χ4n) is 9.70. The minimum atomic E-state index is -4.25. The van der Waals surface area contributed by atoms with Crippen LogP contribution in [0.1, 0.15) is 104 Å². The number of alkyl halides is 4. The Balaban J connectivity index is 1.16. The highest BCUT2D eigenvalue weighted by Gasteiger charge is 2.64. The van der Waals surface area contributed by atoms with Crippen molar-refractivity contribution in [1.82, 2.24) is 30.2 Å². The summed E-state index contributed by atoms with van der Waals surface area (Å²) in [5.74, 6) is -7.19. The average molecular weight is 895 g/mol. The van der Waals surface area contributed by atoms with E-state index >= 15 is 8.78 Å². The molecule has 2 aromatic rings. The van der Waals surface area contributed by atoms with E-state index in [2.05, 4.69) is 20.6 Å². The zero-order chi connectivity index (χ0) is 44.7. The molecule has 5 fully saturated rings. The van der Waals surface area contributed by atoms with Crippen LogP contribution in [0.4, 0.5) is 22.4 Å². The molecule has 0 spiro atoms. The van der Waals surface area contributed by atoms with Crippen LogP contribution in [0.15, 0.2) is 18.2 Å². The van der Waals surface area contributed by atoms with Crippen molar-refractivity contribution >= 4 is 44.9 Å². The highest BCUT2D eigenvalue weighted by atomic mass is 32.2. The first-order chi connectivity index (χ1) is 29.0. The molecule has 3 N–H and O–H groups in total. The molecular weight excluding hydrogens is 841 g/mol. The lowest BCUT2D eigenvalue weighted by Gasteiger charge is -2.36. The summed E-state index contributed by atoms with van der Waals surface area (Å²) in [5.41, 5.74) is -3.47. The van der Waals surface area contributed by atoms with Crippen LogP contribution in [0.3, 0.4) is 0 Å². The number of benzene rings is 1. The van der Waals surface area contributed by atoms with Gasteiger partial charge in [-0.1, -0.05) is 27.2 Å². The summed E-state index contributed by atoms with van der Waals surface area (Å²) in [6.07, 6.45) is -4.29. The summed E-state index contributed by atoms with van der Waals surface area (Å²) in [5, 5.41) is 5.27. The van der Waals surface area contributed by atoms with Gasteiger partial charge in [-0.15, -0.1) is 0 Å². The number of methoxy groups -OCH3 is 1. The van der Waals surface area contributed by atoms with Crippen molar-refractivity contribution in [2.45, 2.75) is 145 Å². The van der Waals surface area contributed by atoms with E-state index in [1.807, 2.05) is 4.72 Å². The molecule has 2 aliphatic heterocycles. The predicted octanol–water partition coefficient (Wildman–Crippen LogP) is 5.35. The molecular formula is C42H54F4N6O9S. The lowest BCUT2D eigenvalue weighted by molar-refractivity contribution is -0.143. The fourth-order valence-corrected chi connectivity index (χ4v) is 11.0. The van der Waals surface area contributed by atoms with Crippen LogP contribution in [0, 0.1) is 29.1 Å². The predicted molar refractivity (Wildman–Crippen MR) is 214 cm³/mol. The Morgan fingerprint density at radius 2 is 1.77 bits per heavy atom. The lowest BCUT2D eigenvalue weighted by Crippen LogP contribution is -2.60. The van der Waals surface area contributed by atoms with Crippen molar-refractivity contribution in [3.63, 3.8) is 0 Å². The molecule has 2 bridgehead atoms. The molecule has 3 heterocycles. The van der Waals surface area contributed by atoms with Crippen LogP contribution in [-0.2, 0) is 35.1 Å². The molecule has 15 nitrogen and oxygen atoms in total. The summed E-state index contributed by atoms with van der Waals surface area (Å²) in [6.45, 7) is 6.13. The number of aromatic nitrogens is 2. The molecule has 20 heteroatoms. The maximum atomic E-state index is 16.4. The van der Waals surface area contributed by atoms with Gasteiger partial charge in [0.05, 0.1) is 29.4 Å². The summed E-state index contributed by atoms with van der Waals surface area (Å²) >= 11 is 0. The zero-order valence-electron chi connectivity index (χ0n) is 35.3.